The normalized spacial score (nSPS) is 42.6. The van der Waals surface area contributed by atoms with Gasteiger partial charge >= 0.3 is 5.97 Å². The molecule has 0 saturated carbocycles. The number of aliphatic hydroxyl groups is 1. The molecule has 3 saturated heterocycles. The molecule has 10 atom stereocenters. The summed E-state index contributed by atoms with van der Waals surface area (Å²) in [5.74, 6) is -1.02. The SMILES string of the molecule is CO[C@]1(C)C[C@@H](C)CN(C)[C@@H]([C@H]2CCNC2)COC(=O)C(C)(C)C(=O)[C@H](C)[C@H]1O[C@@H]1OC(C)CC(N(C)C)[C@H]1O. The molecular weight excluding hydrogens is 514 g/mol. The summed E-state index contributed by atoms with van der Waals surface area (Å²) in [4.78, 5) is 31.8. The standard InChI is InChI=1S/C30H55N3O7/c1-18-14-30(6,37-10)26(40-27-24(34)22(32(7)8)13-19(2)39-27)20(3)25(35)29(4,5)28(36)38-17-23(33(9)16-18)21-11-12-31-15-21/h18-24,26-27,31,34H,11-17H2,1-10H3/t18-,19?,20+,21+,22?,23-,24-,26-,27+,30-/m1/s1. The van der Waals surface area contributed by atoms with E-state index < -0.39 is 41.4 Å². The number of methoxy groups -OCH3 is 1. The van der Waals surface area contributed by atoms with Crippen molar-refractivity contribution in [2.75, 3.05) is 54.5 Å². The number of ether oxygens (including phenoxy) is 4. The summed E-state index contributed by atoms with van der Waals surface area (Å²) >= 11 is 0. The molecule has 2 unspecified atom stereocenters. The van der Waals surface area contributed by atoms with Crippen LogP contribution in [0.5, 0.6) is 0 Å². The number of likely N-dealkylation sites (N-methyl/N-ethyl adjacent to an activating group) is 2. The first kappa shape index (κ1) is 33.4. The smallest absolute Gasteiger partial charge is 0.319 e. The summed E-state index contributed by atoms with van der Waals surface area (Å²) in [7, 11) is 7.57. The maximum absolute atomic E-state index is 14.1. The minimum atomic E-state index is -1.39. The van der Waals surface area contributed by atoms with E-state index >= 15 is 0 Å². The van der Waals surface area contributed by atoms with Gasteiger partial charge in [0.1, 0.15) is 18.1 Å². The second-order valence-corrected chi connectivity index (χ2v) is 13.6. The summed E-state index contributed by atoms with van der Waals surface area (Å²) in [6, 6.07) is -0.120. The molecule has 0 aromatic carbocycles. The number of carbonyl (C=O) groups excluding carboxylic acids is 2. The van der Waals surface area contributed by atoms with Gasteiger partial charge < -0.3 is 34.3 Å². The maximum atomic E-state index is 14.1. The van der Waals surface area contributed by atoms with E-state index in [0.717, 1.165) is 26.1 Å². The average molecular weight is 570 g/mol. The third-order valence-electron chi connectivity index (χ3n) is 9.57. The minimum Gasteiger partial charge on any atom is -0.463 e. The summed E-state index contributed by atoms with van der Waals surface area (Å²) < 4.78 is 24.8. The lowest BCUT2D eigenvalue weighted by Crippen LogP contribution is -2.59. The molecule has 3 aliphatic rings. The molecule has 10 nitrogen and oxygen atoms in total. The van der Waals surface area contributed by atoms with Crippen LogP contribution in [0.4, 0.5) is 0 Å². The highest BCUT2D eigenvalue weighted by Crippen LogP contribution is 2.38. The van der Waals surface area contributed by atoms with Gasteiger partial charge in [0.25, 0.3) is 0 Å². The molecule has 3 aliphatic heterocycles. The van der Waals surface area contributed by atoms with Crippen molar-refractivity contribution in [3.63, 3.8) is 0 Å². The Hall–Kier alpha value is -1.14. The fraction of sp³-hybridized carbons (Fsp3) is 0.933. The first-order chi connectivity index (χ1) is 18.6. The largest absolute Gasteiger partial charge is 0.463 e. The molecule has 0 aromatic heterocycles. The van der Waals surface area contributed by atoms with Crippen LogP contribution in [0.2, 0.25) is 0 Å². The first-order valence-electron chi connectivity index (χ1n) is 14.9. The molecule has 232 valence electrons. The van der Waals surface area contributed by atoms with Gasteiger partial charge in [0.2, 0.25) is 0 Å². The predicted octanol–water partition coefficient (Wildman–Crippen LogP) is 1.93. The average Bonchev–Trinajstić information content (AvgIpc) is 3.41. The second kappa shape index (κ2) is 13.4. The third-order valence-corrected chi connectivity index (χ3v) is 9.57. The number of nitrogens with one attached hydrogen (secondary N) is 1. The Bertz CT molecular complexity index is 864. The summed E-state index contributed by atoms with van der Waals surface area (Å²) in [6.07, 6.45) is -0.507. The highest BCUT2D eigenvalue weighted by Gasteiger charge is 2.51. The third kappa shape index (κ3) is 7.25. The van der Waals surface area contributed by atoms with E-state index in [2.05, 4.69) is 24.2 Å². The van der Waals surface area contributed by atoms with E-state index in [1.54, 1.807) is 27.9 Å². The van der Waals surface area contributed by atoms with Crippen molar-refractivity contribution in [2.24, 2.45) is 23.2 Å². The molecule has 2 N–H and O–H groups in total. The fourth-order valence-electron chi connectivity index (χ4n) is 7.07. The lowest BCUT2D eigenvalue weighted by molar-refractivity contribution is -0.295. The molecule has 0 spiro atoms. The van der Waals surface area contributed by atoms with E-state index in [0.29, 0.717) is 18.8 Å². The number of esters is 1. The van der Waals surface area contributed by atoms with Gasteiger partial charge in [-0.15, -0.1) is 0 Å². The van der Waals surface area contributed by atoms with Crippen LogP contribution < -0.4 is 5.32 Å². The number of cyclic esters (lactones) is 1. The van der Waals surface area contributed by atoms with Crippen molar-refractivity contribution in [3.05, 3.63) is 0 Å². The Balaban J connectivity index is 1.99. The van der Waals surface area contributed by atoms with Gasteiger partial charge in [-0.2, -0.15) is 0 Å². The molecule has 10 heteroatoms. The zero-order valence-electron chi connectivity index (χ0n) is 26.4. The summed E-state index contributed by atoms with van der Waals surface area (Å²) in [5.41, 5.74) is -2.29. The van der Waals surface area contributed by atoms with Gasteiger partial charge in [0.15, 0.2) is 12.1 Å². The monoisotopic (exact) mass is 569 g/mol. The predicted molar refractivity (Wildman–Crippen MR) is 153 cm³/mol. The zero-order valence-corrected chi connectivity index (χ0v) is 26.4. The van der Waals surface area contributed by atoms with Crippen molar-refractivity contribution in [1.29, 1.82) is 0 Å². The molecule has 3 rings (SSSR count). The number of Topliss-reactive ketones (excluding diaryl/α,β-unsaturated/α-hetero) is 1. The summed E-state index contributed by atoms with van der Waals surface area (Å²) in [5, 5.41) is 14.7. The molecule has 0 aliphatic carbocycles. The van der Waals surface area contributed by atoms with Crippen molar-refractivity contribution in [1.82, 2.24) is 15.1 Å². The Morgan fingerprint density at radius 3 is 2.40 bits per heavy atom. The fourth-order valence-corrected chi connectivity index (χ4v) is 7.07. The van der Waals surface area contributed by atoms with E-state index in [4.69, 9.17) is 18.9 Å². The molecule has 0 bridgehead atoms. The van der Waals surface area contributed by atoms with Crippen LogP contribution in [0.15, 0.2) is 0 Å². The van der Waals surface area contributed by atoms with Gasteiger partial charge in [0, 0.05) is 31.7 Å². The zero-order chi connectivity index (χ0) is 30.0. The van der Waals surface area contributed by atoms with Gasteiger partial charge in [-0.1, -0.05) is 13.8 Å². The number of ketones is 1. The van der Waals surface area contributed by atoms with Crippen molar-refractivity contribution in [2.45, 2.75) is 103 Å². The number of nitrogens with zero attached hydrogens (tertiary/aromatic N) is 2. The number of aliphatic hydroxyl groups excluding tert-OH is 1. The molecular formula is C30H55N3O7. The van der Waals surface area contributed by atoms with Crippen molar-refractivity contribution in [3.8, 4) is 0 Å². The molecule has 0 amide bonds. The van der Waals surface area contributed by atoms with Crippen molar-refractivity contribution < 1.29 is 33.6 Å². The van der Waals surface area contributed by atoms with Gasteiger partial charge in [0.05, 0.1) is 17.8 Å². The van der Waals surface area contributed by atoms with E-state index in [9.17, 15) is 14.7 Å². The highest BCUT2D eigenvalue weighted by molar-refractivity contribution is 6.04. The Morgan fingerprint density at radius 1 is 1.15 bits per heavy atom. The number of hydrogen-bond acceptors (Lipinski definition) is 10. The molecule has 3 fully saturated rings. The van der Waals surface area contributed by atoms with E-state index in [1.807, 2.05) is 32.8 Å². The number of carbonyl (C=O) groups is 2. The van der Waals surface area contributed by atoms with E-state index in [1.165, 1.54) is 0 Å². The first-order valence-corrected chi connectivity index (χ1v) is 14.9. The van der Waals surface area contributed by atoms with Crippen molar-refractivity contribution >= 4 is 11.8 Å². The summed E-state index contributed by atoms with van der Waals surface area (Å²) in [6.45, 7) is 14.0. The van der Waals surface area contributed by atoms with E-state index in [-0.39, 0.29) is 36.5 Å². The number of hydrogen-bond donors (Lipinski definition) is 2. The van der Waals surface area contributed by atoms with Crippen LogP contribution in [0, 0.1) is 23.2 Å². The lowest BCUT2D eigenvalue weighted by Gasteiger charge is -2.47. The topological polar surface area (TPSA) is 110 Å². The molecule has 0 radical (unpaired) electrons. The van der Waals surface area contributed by atoms with Crippen LogP contribution in [0.3, 0.4) is 0 Å². The quantitative estimate of drug-likeness (QED) is 0.377. The van der Waals surface area contributed by atoms with Gasteiger partial charge in [-0.25, -0.2) is 0 Å². The lowest BCUT2D eigenvalue weighted by atomic mass is 9.74. The Kier molecular flexibility index (Phi) is 11.2. The molecule has 3 heterocycles. The molecule has 40 heavy (non-hydrogen) atoms. The van der Waals surface area contributed by atoms with Crippen LogP contribution in [0.25, 0.3) is 0 Å². The Labute approximate surface area is 241 Å². The van der Waals surface area contributed by atoms with Crippen LogP contribution in [-0.2, 0) is 28.5 Å². The Morgan fingerprint density at radius 2 is 1.82 bits per heavy atom. The maximum Gasteiger partial charge on any atom is 0.319 e. The minimum absolute atomic E-state index is 0.0431. The van der Waals surface area contributed by atoms with Crippen LogP contribution >= 0.6 is 0 Å². The second-order valence-electron chi connectivity index (χ2n) is 13.6. The van der Waals surface area contributed by atoms with Crippen LogP contribution in [-0.4, -0.2) is 123 Å². The number of rotatable bonds is 5. The van der Waals surface area contributed by atoms with Gasteiger partial charge in [-0.05, 0) is 93.0 Å². The van der Waals surface area contributed by atoms with Gasteiger partial charge in [-0.3, -0.25) is 14.5 Å². The molecule has 0 aromatic rings. The highest BCUT2D eigenvalue weighted by atomic mass is 16.7. The van der Waals surface area contributed by atoms with Crippen LogP contribution in [0.1, 0.15) is 60.8 Å².